The number of aromatic nitrogens is 1. The normalized spacial score (nSPS) is 22.2. The summed E-state index contributed by atoms with van der Waals surface area (Å²) in [6, 6.07) is 3.32. The highest BCUT2D eigenvalue weighted by molar-refractivity contribution is 6.54. The Morgan fingerprint density at radius 1 is 0.913 bits per heavy atom. The maximum atomic E-state index is 14.3. The average molecular weight is 622 g/mol. The number of hydrogen-bond acceptors (Lipinski definition) is 10. The summed E-state index contributed by atoms with van der Waals surface area (Å²) in [5.41, 5.74) is -4.13. The molecule has 1 spiro atoms. The van der Waals surface area contributed by atoms with Crippen molar-refractivity contribution in [3.05, 3.63) is 79.8 Å². The first kappa shape index (κ1) is 29.5. The quantitative estimate of drug-likeness (QED) is 0.164. The number of Topliss-reactive ketones (excluding diaryl/α,β-unsaturated/α-hetero) is 4. The monoisotopic (exact) mass is 621 g/mol. The van der Waals surface area contributed by atoms with E-state index in [1.54, 1.807) is 30.4 Å². The molecule has 4 aliphatic rings. The molecule has 234 valence electrons. The summed E-state index contributed by atoms with van der Waals surface area (Å²) in [7, 11) is 0. The highest BCUT2D eigenvalue weighted by atomic mass is 16.3. The number of allylic oxidation sites excluding steroid dienone is 3. The van der Waals surface area contributed by atoms with Crippen LogP contribution in [0.4, 0.5) is 0 Å². The lowest BCUT2D eigenvalue weighted by Crippen LogP contribution is -2.36. The van der Waals surface area contributed by atoms with E-state index >= 15 is 0 Å². The summed E-state index contributed by atoms with van der Waals surface area (Å²) >= 11 is 0. The first-order valence-electron chi connectivity index (χ1n) is 15.3. The van der Waals surface area contributed by atoms with Gasteiger partial charge in [0.2, 0.25) is 5.78 Å². The highest BCUT2D eigenvalue weighted by Gasteiger charge is 2.61. The van der Waals surface area contributed by atoms with Crippen LogP contribution in [0.5, 0.6) is 17.2 Å². The molecular weight excluding hydrogens is 590 g/mol. The molecule has 7 rings (SSSR count). The van der Waals surface area contributed by atoms with Gasteiger partial charge in [0.15, 0.2) is 17.3 Å². The van der Waals surface area contributed by atoms with E-state index < -0.39 is 80.0 Å². The second-order valence-corrected chi connectivity index (χ2v) is 12.3. The molecule has 0 saturated carbocycles. The minimum Gasteiger partial charge on any atom is -0.507 e. The van der Waals surface area contributed by atoms with Gasteiger partial charge in [-0.3, -0.25) is 29.0 Å². The van der Waals surface area contributed by atoms with Crippen molar-refractivity contribution in [3.63, 3.8) is 0 Å². The third kappa shape index (κ3) is 4.07. The fraction of sp³-hybridized carbons (Fsp3) is 0.314. The highest BCUT2D eigenvalue weighted by Crippen LogP contribution is 2.57. The number of benzene rings is 2. The van der Waals surface area contributed by atoms with Gasteiger partial charge in [0.05, 0.1) is 39.8 Å². The summed E-state index contributed by atoms with van der Waals surface area (Å²) in [5, 5.41) is 37.8. The number of aliphatic imine (C=N–C) groups is 1. The largest absolute Gasteiger partial charge is 0.507 e. The molecule has 3 aliphatic carbocycles. The lowest BCUT2D eigenvalue weighted by atomic mass is 9.76. The number of aromatic hydroxyl groups is 3. The van der Waals surface area contributed by atoms with Crippen molar-refractivity contribution in [2.75, 3.05) is 19.6 Å². The fourth-order valence-electron chi connectivity index (χ4n) is 7.51. The number of fused-ring (bicyclic) bond motifs is 5. The summed E-state index contributed by atoms with van der Waals surface area (Å²) < 4.78 is 0. The Labute approximate surface area is 262 Å². The predicted octanol–water partition coefficient (Wildman–Crippen LogP) is 3.71. The standard InChI is InChI=1S/C35H31N3O8/c1-2-3-4-5-19-13-18-12-17-6-9-35(27(17)31(43)22(18)34(46)38-19)32(44)25-26(33(35)45)30(42)24-23(29(25)41)21(39)14-20(28(24)40)37-15-16-7-10-36-11-8-16/h2-5,12-13,16,36,41-43H,6-11,14-15H2,1H3,(H,38,46)/t35-/m0/s1. The number of nitrogens with zero attached hydrogens (tertiary/aromatic N) is 1. The van der Waals surface area contributed by atoms with Gasteiger partial charge in [-0.05, 0) is 74.7 Å². The van der Waals surface area contributed by atoms with Crippen LogP contribution in [-0.4, -0.2) is 68.8 Å². The lowest BCUT2D eigenvalue weighted by molar-refractivity contribution is 0.0790. The molecule has 1 saturated heterocycles. The number of piperidine rings is 1. The average Bonchev–Trinajstić information content (AvgIpc) is 3.53. The Balaban J connectivity index is 1.35. The van der Waals surface area contributed by atoms with Crippen LogP contribution >= 0.6 is 0 Å². The number of nitrogens with one attached hydrogen (secondary N) is 2. The van der Waals surface area contributed by atoms with E-state index in [4.69, 9.17) is 0 Å². The zero-order valence-electron chi connectivity index (χ0n) is 25.0. The molecule has 5 N–H and O–H groups in total. The van der Waals surface area contributed by atoms with Crippen molar-refractivity contribution in [2.45, 2.75) is 44.4 Å². The molecule has 1 fully saturated rings. The van der Waals surface area contributed by atoms with E-state index in [2.05, 4.69) is 15.3 Å². The first-order chi connectivity index (χ1) is 22.1. The first-order valence-corrected chi connectivity index (χ1v) is 15.3. The van der Waals surface area contributed by atoms with Gasteiger partial charge in [-0.15, -0.1) is 0 Å². The van der Waals surface area contributed by atoms with Crippen molar-refractivity contribution < 1.29 is 34.5 Å². The van der Waals surface area contributed by atoms with Gasteiger partial charge >= 0.3 is 0 Å². The molecular formula is C35H31N3O8. The number of aryl methyl sites for hydroxylation is 1. The number of phenolic OH excluding ortho intramolecular Hbond substituents is 3. The van der Waals surface area contributed by atoms with Crippen LogP contribution < -0.4 is 10.9 Å². The summed E-state index contributed by atoms with van der Waals surface area (Å²) in [6.45, 7) is 3.81. The van der Waals surface area contributed by atoms with Gasteiger partial charge in [0.1, 0.15) is 22.7 Å². The van der Waals surface area contributed by atoms with Crippen LogP contribution in [0.1, 0.15) is 90.9 Å². The third-order valence-electron chi connectivity index (χ3n) is 9.76. The second kappa shape index (κ2) is 10.7. The van der Waals surface area contributed by atoms with E-state index in [0.717, 1.165) is 25.9 Å². The van der Waals surface area contributed by atoms with Gasteiger partial charge in [-0.2, -0.15) is 0 Å². The summed E-state index contributed by atoms with van der Waals surface area (Å²) in [5.74, 6) is -5.37. The smallest absolute Gasteiger partial charge is 0.260 e. The fourth-order valence-corrected chi connectivity index (χ4v) is 7.51. The van der Waals surface area contributed by atoms with Gasteiger partial charge < -0.3 is 25.6 Å². The van der Waals surface area contributed by atoms with Crippen LogP contribution in [0.25, 0.3) is 16.8 Å². The number of pyridine rings is 1. The molecule has 1 aliphatic heterocycles. The SMILES string of the molecule is CC=CC=Cc1cc2cc3c(c(O)c2c(=O)[nH]1)[C@@]1(CC3)C(=O)c2c(O)c3c(c(O)c2C1=O)C(=O)C(=NCC1CCNCC1)CC3=O. The molecule has 11 nitrogen and oxygen atoms in total. The molecule has 46 heavy (non-hydrogen) atoms. The molecule has 11 heteroatoms. The minimum absolute atomic E-state index is 0.0763. The van der Waals surface area contributed by atoms with Crippen molar-refractivity contribution in [2.24, 2.45) is 10.9 Å². The number of H-pyrrole nitrogens is 1. The molecule has 0 bridgehead atoms. The topological polar surface area (TPSA) is 186 Å². The summed E-state index contributed by atoms with van der Waals surface area (Å²) in [6.07, 6.45) is 8.40. The zero-order valence-corrected chi connectivity index (χ0v) is 25.0. The minimum atomic E-state index is -2.07. The Hall–Kier alpha value is -5.16. The van der Waals surface area contributed by atoms with Crippen molar-refractivity contribution in [3.8, 4) is 17.2 Å². The number of aromatic amines is 1. The van der Waals surface area contributed by atoms with Gasteiger partial charge in [-0.25, -0.2) is 0 Å². The molecule has 0 radical (unpaired) electrons. The van der Waals surface area contributed by atoms with Gasteiger partial charge in [0.25, 0.3) is 5.56 Å². The maximum absolute atomic E-state index is 14.3. The van der Waals surface area contributed by atoms with E-state index in [-0.39, 0.29) is 35.4 Å². The van der Waals surface area contributed by atoms with E-state index in [1.807, 2.05) is 13.0 Å². The van der Waals surface area contributed by atoms with E-state index in [0.29, 0.717) is 23.2 Å². The van der Waals surface area contributed by atoms with Crippen LogP contribution in [0.3, 0.4) is 0 Å². The van der Waals surface area contributed by atoms with Gasteiger partial charge in [0, 0.05) is 17.8 Å². The lowest BCUT2D eigenvalue weighted by Gasteiger charge is -2.23. The Kier molecular flexibility index (Phi) is 6.89. The van der Waals surface area contributed by atoms with E-state index in [1.165, 1.54) is 0 Å². The maximum Gasteiger partial charge on any atom is 0.260 e. The molecule has 1 aromatic heterocycles. The number of hydrogen-bond donors (Lipinski definition) is 5. The molecule has 0 amide bonds. The van der Waals surface area contributed by atoms with Crippen LogP contribution in [0.15, 0.2) is 40.1 Å². The molecule has 2 aromatic carbocycles. The van der Waals surface area contributed by atoms with Crippen LogP contribution in [-0.2, 0) is 11.8 Å². The Bertz CT molecular complexity index is 2080. The predicted molar refractivity (Wildman–Crippen MR) is 170 cm³/mol. The number of rotatable bonds is 4. The summed E-state index contributed by atoms with van der Waals surface area (Å²) in [4.78, 5) is 75.7. The van der Waals surface area contributed by atoms with E-state index in [9.17, 15) is 39.3 Å². The Morgan fingerprint density at radius 3 is 2.30 bits per heavy atom. The van der Waals surface area contributed by atoms with Crippen molar-refractivity contribution in [1.82, 2.24) is 10.3 Å². The number of carbonyl (C=O) groups excluding carboxylic acids is 4. The van der Waals surface area contributed by atoms with Crippen LogP contribution in [0, 0.1) is 5.92 Å². The number of ketones is 4. The molecule has 0 unspecified atom stereocenters. The number of carbonyl (C=O) groups is 4. The zero-order chi connectivity index (χ0) is 32.5. The molecule has 1 atom stereocenters. The Morgan fingerprint density at radius 2 is 1.61 bits per heavy atom. The van der Waals surface area contributed by atoms with Crippen molar-refractivity contribution in [1.29, 1.82) is 0 Å². The number of phenols is 3. The van der Waals surface area contributed by atoms with Crippen molar-refractivity contribution >= 4 is 45.7 Å². The third-order valence-corrected chi connectivity index (χ3v) is 9.76. The molecule has 2 heterocycles. The van der Waals surface area contributed by atoms with Gasteiger partial charge in [-0.1, -0.05) is 24.3 Å². The van der Waals surface area contributed by atoms with Crippen LogP contribution in [0.2, 0.25) is 0 Å². The second-order valence-electron chi connectivity index (χ2n) is 12.3. The molecule has 3 aromatic rings.